The molecule has 1 aromatic carbocycles. The maximum Gasteiger partial charge on any atom is 0.153 e. The number of aliphatic hydroxyl groups is 1. The first-order valence-corrected chi connectivity index (χ1v) is 5.73. The Balaban J connectivity index is 2.05. The van der Waals surface area contributed by atoms with Crippen molar-refractivity contribution in [3.05, 3.63) is 29.6 Å². The topological polar surface area (TPSA) is 46.5 Å². The highest BCUT2D eigenvalue weighted by atomic mass is 19.1. The van der Waals surface area contributed by atoms with Gasteiger partial charge < -0.3 is 9.84 Å². The molecule has 0 aliphatic heterocycles. The third-order valence-corrected chi connectivity index (χ3v) is 3.13. The van der Waals surface area contributed by atoms with E-state index < -0.39 is 11.4 Å². The van der Waals surface area contributed by atoms with Crippen molar-refractivity contribution in [2.24, 2.45) is 0 Å². The van der Waals surface area contributed by atoms with Gasteiger partial charge in [-0.15, -0.1) is 0 Å². The smallest absolute Gasteiger partial charge is 0.153 e. The van der Waals surface area contributed by atoms with Crippen molar-refractivity contribution in [2.45, 2.75) is 31.3 Å². The van der Waals surface area contributed by atoms with Crippen LogP contribution in [0.3, 0.4) is 0 Å². The Morgan fingerprint density at radius 1 is 1.41 bits per heavy atom. The van der Waals surface area contributed by atoms with Gasteiger partial charge >= 0.3 is 0 Å². The summed E-state index contributed by atoms with van der Waals surface area (Å²) >= 11 is 0. The first-order valence-electron chi connectivity index (χ1n) is 5.73. The van der Waals surface area contributed by atoms with Crippen LogP contribution in [0.4, 0.5) is 4.39 Å². The Kier molecular flexibility index (Phi) is 3.43. The lowest BCUT2D eigenvalue weighted by atomic mass is 10.0. The molecule has 0 heterocycles. The Bertz CT molecular complexity index is 411. The van der Waals surface area contributed by atoms with Gasteiger partial charge in [-0.2, -0.15) is 0 Å². The molecule has 1 aliphatic carbocycles. The van der Waals surface area contributed by atoms with E-state index in [0.717, 1.165) is 18.9 Å². The fourth-order valence-electron chi connectivity index (χ4n) is 2.13. The lowest BCUT2D eigenvalue weighted by Gasteiger charge is -2.22. The van der Waals surface area contributed by atoms with Gasteiger partial charge in [0.2, 0.25) is 0 Å². The van der Waals surface area contributed by atoms with E-state index in [1.54, 1.807) is 0 Å². The van der Waals surface area contributed by atoms with Gasteiger partial charge in [0, 0.05) is 0 Å². The molecule has 3 nitrogen and oxygen atoms in total. The second kappa shape index (κ2) is 4.84. The highest BCUT2D eigenvalue weighted by molar-refractivity contribution is 5.79. The molecular formula is C13H15FO3. The average molecular weight is 238 g/mol. The van der Waals surface area contributed by atoms with E-state index >= 15 is 0 Å². The molecule has 0 unspecified atom stereocenters. The monoisotopic (exact) mass is 238 g/mol. The van der Waals surface area contributed by atoms with E-state index in [2.05, 4.69) is 0 Å². The van der Waals surface area contributed by atoms with E-state index in [9.17, 15) is 14.3 Å². The predicted molar refractivity (Wildman–Crippen MR) is 60.7 cm³/mol. The lowest BCUT2D eigenvalue weighted by molar-refractivity contribution is 0.00121. The zero-order valence-corrected chi connectivity index (χ0v) is 9.49. The van der Waals surface area contributed by atoms with Crippen LogP contribution >= 0.6 is 0 Å². The number of hydrogen-bond acceptors (Lipinski definition) is 3. The van der Waals surface area contributed by atoms with Crippen LogP contribution in [0.25, 0.3) is 0 Å². The lowest BCUT2D eigenvalue weighted by Crippen LogP contribution is -2.32. The quantitative estimate of drug-likeness (QED) is 0.819. The van der Waals surface area contributed by atoms with Gasteiger partial charge in [0.25, 0.3) is 0 Å². The van der Waals surface area contributed by atoms with Crippen LogP contribution in [-0.2, 0) is 0 Å². The SMILES string of the molecule is O=Cc1cc(F)ccc1OCC1(O)CCCC1. The highest BCUT2D eigenvalue weighted by Gasteiger charge is 2.32. The van der Waals surface area contributed by atoms with Crippen molar-refractivity contribution < 1.29 is 19.0 Å². The number of aldehydes is 1. The molecule has 92 valence electrons. The molecule has 1 fully saturated rings. The van der Waals surface area contributed by atoms with Crippen LogP contribution in [0.15, 0.2) is 18.2 Å². The van der Waals surface area contributed by atoms with Gasteiger partial charge in [-0.1, -0.05) is 12.8 Å². The molecular weight excluding hydrogens is 223 g/mol. The second-order valence-electron chi connectivity index (χ2n) is 4.52. The molecule has 0 spiro atoms. The Labute approximate surface area is 99.2 Å². The summed E-state index contributed by atoms with van der Waals surface area (Å²) < 4.78 is 18.3. The van der Waals surface area contributed by atoms with Crippen LogP contribution in [0.5, 0.6) is 5.75 Å². The van der Waals surface area contributed by atoms with Crippen molar-refractivity contribution in [1.82, 2.24) is 0 Å². The molecule has 17 heavy (non-hydrogen) atoms. The number of halogens is 1. The van der Waals surface area contributed by atoms with Crippen molar-refractivity contribution in [2.75, 3.05) is 6.61 Å². The summed E-state index contributed by atoms with van der Waals surface area (Å²) in [5.41, 5.74) is -0.624. The molecule has 4 heteroatoms. The van der Waals surface area contributed by atoms with Gasteiger partial charge in [0.1, 0.15) is 18.2 Å². The van der Waals surface area contributed by atoms with Crippen LogP contribution in [0, 0.1) is 5.82 Å². The van der Waals surface area contributed by atoms with Crippen molar-refractivity contribution in [1.29, 1.82) is 0 Å². The van der Waals surface area contributed by atoms with E-state index in [4.69, 9.17) is 4.74 Å². The molecule has 0 bridgehead atoms. The fraction of sp³-hybridized carbons (Fsp3) is 0.462. The van der Waals surface area contributed by atoms with Gasteiger partial charge in [-0.3, -0.25) is 4.79 Å². The fourth-order valence-corrected chi connectivity index (χ4v) is 2.13. The Morgan fingerprint density at radius 2 is 2.12 bits per heavy atom. The maximum absolute atomic E-state index is 12.9. The molecule has 0 atom stereocenters. The summed E-state index contributed by atoms with van der Waals surface area (Å²) in [4.78, 5) is 10.7. The normalized spacial score (nSPS) is 18.0. The summed E-state index contributed by atoms with van der Waals surface area (Å²) in [5, 5.41) is 10.1. The Hall–Kier alpha value is -1.42. The molecule has 0 radical (unpaired) electrons. The van der Waals surface area contributed by atoms with Crippen molar-refractivity contribution in [3.8, 4) is 5.75 Å². The summed E-state index contributed by atoms with van der Waals surface area (Å²) in [6.45, 7) is 0.152. The second-order valence-corrected chi connectivity index (χ2v) is 4.52. The largest absolute Gasteiger partial charge is 0.490 e. The number of benzene rings is 1. The van der Waals surface area contributed by atoms with Crippen molar-refractivity contribution in [3.63, 3.8) is 0 Å². The molecule has 1 aliphatic rings. The van der Waals surface area contributed by atoms with Gasteiger partial charge in [0.15, 0.2) is 6.29 Å². The summed E-state index contributed by atoms with van der Waals surface area (Å²) in [7, 11) is 0. The first kappa shape index (κ1) is 12.0. The van der Waals surface area contributed by atoms with Crippen LogP contribution in [0.1, 0.15) is 36.0 Å². The molecule has 1 aromatic rings. The number of hydrogen-bond donors (Lipinski definition) is 1. The minimum Gasteiger partial charge on any atom is -0.490 e. The molecule has 1 N–H and O–H groups in total. The van der Waals surface area contributed by atoms with Gasteiger partial charge in [-0.25, -0.2) is 4.39 Å². The van der Waals surface area contributed by atoms with Gasteiger partial charge in [-0.05, 0) is 31.0 Å². The zero-order chi connectivity index (χ0) is 12.3. The minimum atomic E-state index is -0.797. The van der Waals surface area contributed by atoms with Crippen molar-refractivity contribution >= 4 is 6.29 Å². The number of carbonyl (C=O) groups is 1. The average Bonchev–Trinajstić information content (AvgIpc) is 2.75. The van der Waals surface area contributed by atoms with Crippen LogP contribution in [0.2, 0.25) is 0 Å². The van der Waals surface area contributed by atoms with Gasteiger partial charge in [0.05, 0.1) is 11.2 Å². The third kappa shape index (κ3) is 2.82. The summed E-state index contributed by atoms with van der Waals surface area (Å²) in [5.74, 6) is -0.152. The molecule has 1 saturated carbocycles. The molecule has 0 aromatic heterocycles. The third-order valence-electron chi connectivity index (χ3n) is 3.13. The number of ether oxygens (including phenoxy) is 1. The predicted octanol–water partition coefficient (Wildman–Crippen LogP) is 2.32. The van der Waals surface area contributed by atoms with E-state index in [1.165, 1.54) is 12.1 Å². The first-order chi connectivity index (χ1) is 8.13. The maximum atomic E-state index is 12.9. The number of rotatable bonds is 4. The van der Waals surface area contributed by atoms with E-state index in [-0.39, 0.29) is 12.2 Å². The van der Waals surface area contributed by atoms with E-state index in [1.807, 2.05) is 0 Å². The van der Waals surface area contributed by atoms with E-state index in [0.29, 0.717) is 24.9 Å². The standard InChI is InChI=1S/C13H15FO3/c14-11-3-4-12(10(7-11)8-15)17-9-13(16)5-1-2-6-13/h3-4,7-8,16H,1-2,5-6,9H2. The summed E-state index contributed by atoms with van der Waals surface area (Å²) in [6, 6.07) is 3.78. The van der Waals surface area contributed by atoms with Crippen LogP contribution < -0.4 is 4.74 Å². The minimum absolute atomic E-state index is 0.152. The summed E-state index contributed by atoms with van der Waals surface area (Å²) in [6.07, 6.45) is 3.96. The highest BCUT2D eigenvalue weighted by Crippen LogP contribution is 2.30. The van der Waals surface area contributed by atoms with Crippen LogP contribution in [-0.4, -0.2) is 23.6 Å². The number of carbonyl (C=O) groups excluding carboxylic acids is 1. The molecule has 0 amide bonds. The molecule has 0 saturated heterocycles. The zero-order valence-electron chi connectivity index (χ0n) is 9.49. The molecule has 2 rings (SSSR count). The Morgan fingerprint density at radius 3 is 2.76 bits per heavy atom.